The van der Waals surface area contributed by atoms with Gasteiger partial charge in [-0.15, -0.1) is 11.3 Å². The summed E-state index contributed by atoms with van der Waals surface area (Å²) in [5.74, 6) is -0.371. The molecular weight excluding hydrogens is 259 g/mol. The van der Waals surface area contributed by atoms with Crippen LogP contribution in [-0.4, -0.2) is 5.11 Å². The van der Waals surface area contributed by atoms with E-state index < -0.39 is 6.10 Å². The van der Waals surface area contributed by atoms with Crippen molar-refractivity contribution < 1.29 is 9.50 Å². The van der Waals surface area contributed by atoms with Gasteiger partial charge in [-0.2, -0.15) is 0 Å². The standard InChI is InChI=1S/C13H12ClFOS/c1-8-2-5-13(17-8)12(16)6-9-3-4-10(14)7-11(9)15/h2-5,7,12,16H,6H2,1H3. The van der Waals surface area contributed by atoms with Gasteiger partial charge in [-0.05, 0) is 36.8 Å². The van der Waals surface area contributed by atoms with Gasteiger partial charge < -0.3 is 5.11 Å². The predicted octanol–water partition coefficient (Wildman–Crippen LogP) is 4.13. The highest BCUT2D eigenvalue weighted by molar-refractivity contribution is 7.12. The van der Waals surface area contributed by atoms with Gasteiger partial charge in [-0.3, -0.25) is 0 Å². The fourth-order valence-electron chi connectivity index (χ4n) is 1.63. The van der Waals surface area contributed by atoms with Crippen LogP contribution < -0.4 is 0 Å². The molecule has 1 aromatic carbocycles. The van der Waals surface area contributed by atoms with Gasteiger partial charge in [-0.25, -0.2) is 4.39 Å². The van der Waals surface area contributed by atoms with Gasteiger partial charge in [0.15, 0.2) is 0 Å². The summed E-state index contributed by atoms with van der Waals surface area (Å²) in [7, 11) is 0. The van der Waals surface area contributed by atoms with E-state index in [0.717, 1.165) is 9.75 Å². The molecule has 1 N–H and O–H groups in total. The zero-order chi connectivity index (χ0) is 12.4. The van der Waals surface area contributed by atoms with Crippen molar-refractivity contribution in [1.29, 1.82) is 0 Å². The van der Waals surface area contributed by atoms with Crippen LogP contribution in [0.2, 0.25) is 5.02 Å². The molecule has 2 rings (SSSR count). The van der Waals surface area contributed by atoms with E-state index in [1.165, 1.54) is 17.4 Å². The summed E-state index contributed by atoms with van der Waals surface area (Å²) in [6, 6.07) is 8.33. The van der Waals surface area contributed by atoms with Crippen molar-refractivity contribution in [1.82, 2.24) is 0 Å². The van der Waals surface area contributed by atoms with Crippen LogP contribution >= 0.6 is 22.9 Å². The Morgan fingerprint density at radius 2 is 2.12 bits per heavy atom. The van der Waals surface area contributed by atoms with Gasteiger partial charge in [0, 0.05) is 21.2 Å². The number of hydrogen-bond donors (Lipinski definition) is 1. The smallest absolute Gasteiger partial charge is 0.127 e. The second-order valence-corrected chi connectivity index (χ2v) is 5.66. The molecule has 2 aromatic rings. The molecule has 17 heavy (non-hydrogen) atoms. The number of rotatable bonds is 3. The molecule has 1 atom stereocenters. The molecule has 0 fully saturated rings. The second-order valence-electron chi connectivity index (χ2n) is 3.90. The third kappa shape index (κ3) is 3.06. The van der Waals surface area contributed by atoms with Crippen LogP contribution in [0.3, 0.4) is 0 Å². The summed E-state index contributed by atoms with van der Waals surface area (Å²) in [6.07, 6.45) is -0.396. The Bertz CT molecular complexity index is 524. The van der Waals surface area contributed by atoms with Crippen molar-refractivity contribution in [2.24, 2.45) is 0 Å². The van der Waals surface area contributed by atoms with E-state index in [1.807, 2.05) is 19.1 Å². The minimum Gasteiger partial charge on any atom is -0.387 e. The van der Waals surface area contributed by atoms with Gasteiger partial charge in [0.1, 0.15) is 5.82 Å². The number of benzene rings is 1. The highest BCUT2D eigenvalue weighted by atomic mass is 35.5. The summed E-state index contributed by atoms with van der Waals surface area (Å²) < 4.78 is 13.5. The first-order chi connectivity index (χ1) is 8.06. The number of hydrogen-bond acceptors (Lipinski definition) is 2. The lowest BCUT2D eigenvalue weighted by molar-refractivity contribution is 0.181. The van der Waals surface area contributed by atoms with Crippen LogP contribution in [0.5, 0.6) is 0 Å². The fourth-order valence-corrected chi connectivity index (χ4v) is 2.65. The van der Waals surface area contributed by atoms with Crippen molar-refractivity contribution >= 4 is 22.9 Å². The Kier molecular flexibility index (Phi) is 3.82. The maximum absolute atomic E-state index is 13.5. The number of halogens is 2. The van der Waals surface area contributed by atoms with E-state index in [0.29, 0.717) is 10.6 Å². The van der Waals surface area contributed by atoms with E-state index in [2.05, 4.69) is 0 Å². The largest absolute Gasteiger partial charge is 0.387 e. The molecule has 1 aromatic heterocycles. The summed E-state index contributed by atoms with van der Waals surface area (Å²) >= 11 is 7.20. The first kappa shape index (κ1) is 12.6. The van der Waals surface area contributed by atoms with Crippen LogP contribution in [0.4, 0.5) is 4.39 Å². The summed E-state index contributed by atoms with van der Waals surface area (Å²) in [4.78, 5) is 1.99. The average molecular weight is 271 g/mol. The summed E-state index contributed by atoms with van der Waals surface area (Å²) in [6.45, 7) is 1.98. The van der Waals surface area contributed by atoms with E-state index in [-0.39, 0.29) is 12.2 Å². The Balaban J connectivity index is 2.15. The third-order valence-electron chi connectivity index (χ3n) is 2.52. The van der Waals surface area contributed by atoms with Crippen LogP contribution in [0.1, 0.15) is 21.4 Å². The molecule has 0 amide bonds. The monoisotopic (exact) mass is 270 g/mol. The third-order valence-corrected chi connectivity index (χ3v) is 3.85. The number of aliphatic hydroxyl groups is 1. The minimum absolute atomic E-state index is 0.267. The second kappa shape index (κ2) is 5.17. The van der Waals surface area contributed by atoms with E-state index in [9.17, 15) is 9.50 Å². The Labute approximate surface area is 108 Å². The maximum Gasteiger partial charge on any atom is 0.127 e. The lowest BCUT2D eigenvalue weighted by Crippen LogP contribution is -2.01. The van der Waals surface area contributed by atoms with E-state index >= 15 is 0 Å². The number of thiophene rings is 1. The van der Waals surface area contributed by atoms with Crippen molar-refractivity contribution in [3.05, 3.63) is 56.5 Å². The molecule has 0 aliphatic heterocycles. The molecule has 0 aliphatic rings. The number of aliphatic hydroxyl groups excluding tert-OH is 1. The van der Waals surface area contributed by atoms with Crippen molar-refractivity contribution in [2.75, 3.05) is 0 Å². The molecule has 1 heterocycles. The van der Waals surface area contributed by atoms with Crippen LogP contribution in [0.25, 0.3) is 0 Å². The first-order valence-corrected chi connectivity index (χ1v) is 6.44. The molecule has 0 radical (unpaired) electrons. The van der Waals surface area contributed by atoms with Gasteiger partial charge in [0.25, 0.3) is 0 Å². The normalized spacial score (nSPS) is 12.7. The zero-order valence-electron chi connectivity index (χ0n) is 9.28. The Morgan fingerprint density at radius 3 is 2.71 bits per heavy atom. The van der Waals surface area contributed by atoms with Crippen molar-refractivity contribution in [3.63, 3.8) is 0 Å². The first-order valence-electron chi connectivity index (χ1n) is 5.24. The zero-order valence-corrected chi connectivity index (χ0v) is 10.9. The van der Waals surface area contributed by atoms with Gasteiger partial charge in [0.05, 0.1) is 6.10 Å². The van der Waals surface area contributed by atoms with Crippen LogP contribution in [-0.2, 0) is 6.42 Å². The summed E-state index contributed by atoms with van der Waals surface area (Å²) in [5, 5.41) is 10.4. The van der Waals surface area contributed by atoms with Gasteiger partial charge in [0.2, 0.25) is 0 Å². The average Bonchev–Trinajstić information content (AvgIpc) is 2.69. The molecule has 4 heteroatoms. The van der Waals surface area contributed by atoms with Crippen molar-refractivity contribution in [3.8, 4) is 0 Å². The van der Waals surface area contributed by atoms with Crippen LogP contribution in [0.15, 0.2) is 30.3 Å². The fraction of sp³-hybridized carbons (Fsp3) is 0.231. The summed E-state index contributed by atoms with van der Waals surface area (Å²) in [5.41, 5.74) is 0.480. The topological polar surface area (TPSA) is 20.2 Å². The van der Waals surface area contributed by atoms with Crippen molar-refractivity contribution in [2.45, 2.75) is 19.4 Å². The molecule has 0 aliphatic carbocycles. The highest BCUT2D eigenvalue weighted by Gasteiger charge is 2.13. The molecule has 0 spiro atoms. The minimum atomic E-state index is -0.663. The quantitative estimate of drug-likeness (QED) is 0.889. The van der Waals surface area contributed by atoms with Gasteiger partial charge >= 0.3 is 0 Å². The van der Waals surface area contributed by atoms with E-state index in [1.54, 1.807) is 12.1 Å². The van der Waals surface area contributed by atoms with Crippen LogP contribution in [0, 0.1) is 12.7 Å². The lowest BCUT2D eigenvalue weighted by Gasteiger charge is -2.09. The molecule has 90 valence electrons. The maximum atomic E-state index is 13.5. The molecular formula is C13H12ClFOS. The molecule has 0 bridgehead atoms. The predicted molar refractivity (Wildman–Crippen MR) is 69.1 cm³/mol. The Hall–Kier alpha value is -0.900. The van der Waals surface area contributed by atoms with E-state index in [4.69, 9.17) is 11.6 Å². The Morgan fingerprint density at radius 1 is 1.35 bits per heavy atom. The molecule has 1 unspecified atom stereocenters. The molecule has 0 saturated carbocycles. The molecule has 1 nitrogen and oxygen atoms in total. The SMILES string of the molecule is Cc1ccc(C(O)Cc2ccc(Cl)cc2F)s1. The lowest BCUT2D eigenvalue weighted by atomic mass is 10.1. The highest BCUT2D eigenvalue weighted by Crippen LogP contribution is 2.27. The molecule has 0 saturated heterocycles. The van der Waals surface area contributed by atoms with Gasteiger partial charge in [-0.1, -0.05) is 17.7 Å². The number of aryl methyl sites for hydroxylation is 1.